The van der Waals surface area contributed by atoms with Gasteiger partial charge in [-0.05, 0) is 38.3 Å². The minimum absolute atomic E-state index is 0.171. The van der Waals surface area contributed by atoms with E-state index in [-0.39, 0.29) is 12.0 Å². The van der Waals surface area contributed by atoms with E-state index in [1.54, 1.807) is 0 Å². The van der Waals surface area contributed by atoms with Gasteiger partial charge in [-0.3, -0.25) is 4.79 Å². The topological polar surface area (TPSA) is 52.6 Å². The minimum Gasteiger partial charge on any atom is -0.391 e. The fourth-order valence-corrected chi connectivity index (χ4v) is 3.69. The van der Waals surface area contributed by atoms with E-state index in [1.807, 2.05) is 4.90 Å². The lowest BCUT2D eigenvalue weighted by Crippen LogP contribution is -2.54. The average Bonchev–Trinajstić information content (AvgIpc) is 2.96. The standard InChI is InChI=1S/C18H26N2O2/c1-14-5-7-15(8-6-14)19-18(10-3-2-4-11-18)17(22)20-12-9-16(21)13-20/h5-8,16,19,21H,2-4,9-13H2,1H3. The lowest BCUT2D eigenvalue weighted by atomic mass is 9.80. The number of carbonyl (C=O) groups is 1. The Morgan fingerprint density at radius 1 is 1.23 bits per heavy atom. The van der Waals surface area contributed by atoms with Gasteiger partial charge in [-0.2, -0.15) is 0 Å². The van der Waals surface area contributed by atoms with Gasteiger partial charge in [-0.25, -0.2) is 0 Å². The molecule has 1 aliphatic heterocycles. The quantitative estimate of drug-likeness (QED) is 0.902. The number of carbonyl (C=O) groups excluding carboxylic acids is 1. The number of amides is 1. The highest BCUT2D eigenvalue weighted by Gasteiger charge is 2.43. The number of aliphatic hydroxyl groups excluding tert-OH is 1. The summed E-state index contributed by atoms with van der Waals surface area (Å²) in [6, 6.07) is 8.25. The van der Waals surface area contributed by atoms with Crippen molar-refractivity contribution in [1.29, 1.82) is 0 Å². The number of nitrogens with one attached hydrogen (secondary N) is 1. The van der Waals surface area contributed by atoms with E-state index in [0.29, 0.717) is 19.5 Å². The van der Waals surface area contributed by atoms with Crippen LogP contribution in [0.25, 0.3) is 0 Å². The molecule has 0 aromatic heterocycles. The molecule has 2 fully saturated rings. The van der Waals surface area contributed by atoms with Crippen LogP contribution in [0.3, 0.4) is 0 Å². The molecule has 2 aliphatic rings. The molecule has 1 atom stereocenters. The maximum atomic E-state index is 13.1. The predicted molar refractivity (Wildman–Crippen MR) is 87.8 cm³/mol. The van der Waals surface area contributed by atoms with E-state index >= 15 is 0 Å². The third-order valence-corrected chi connectivity index (χ3v) is 5.00. The van der Waals surface area contributed by atoms with Crippen molar-refractivity contribution in [3.63, 3.8) is 0 Å². The van der Waals surface area contributed by atoms with Crippen LogP contribution >= 0.6 is 0 Å². The number of hydrogen-bond acceptors (Lipinski definition) is 3. The molecule has 22 heavy (non-hydrogen) atoms. The number of benzene rings is 1. The van der Waals surface area contributed by atoms with Gasteiger partial charge in [0.25, 0.3) is 0 Å². The molecule has 1 aromatic rings. The molecule has 1 aromatic carbocycles. The molecule has 2 N–H and O–H groups in total. The Morgan fingerprint density at radius 2 is 1.91 bits per heavy atom. The molecule has 0 spiro atoms. The van der Waals surface area contributed by atoms with Crippen LogP contribution in [0.5, 0.6) is 0 Å². The Balaban J connectivity index is 1.81. The summed E-state index contributed by atoms with van der Waals surface area (Å²) in [6.45, 7) is 3.23. The average molecular weight is 302 g/mol. The molecule has 1 saturated heterocycles. The molecular weight excluding hydrogens is 276 g/mol. The highest BCUT2D eigenvalue weighted by Crippen LogP contribution is 2.34. The number of aliphatic hydroxyl groups is 1. The van der Waals surface area contributed by atoms with Crippen LogP contribution in [-0.4, -0.2) is 40.6 Å². The van der Waals surface area contributed by atoms with Crippen molar-refractivity contribution in [2.24, 2.45) is 0 Å². The number of likely N-dealkylation sites (tertiary alicyclic amines) is 1. The maximum Gasteiger partial charge on any atom is 0.248 e. The minimum atomic E-state index is -0.489. The largest absolute Gasteiger partial charge is 0.391 e. The van der Waals surface area contributed by atoms with E-state index in [0.717, 1.165) is 31.4 Å². The summed E-state index contributed by atoms with van der Waals surface area (Å²) in [5.41, 5.74) is 1.75. The van der Waals surface area contributed by atoms with Gasteiger partial charge in [-0.1, -0.05) is 37.0 Å². The summed E-state index contributed by atoms with van der Waals surface area (Å²) < 4.78 is 0. The second-order valence-corrected chi connectivity index (χ2v) is 6.83. The van der Waals surface area contributed by atoms with Crippen molar-refractivity contribution in [1.82, 2.24) is 4.90 Å². The van der Waals surface area contributed by atoms with E-state index in [2.05, 4.69) is 36.5 Å². The maximum absolute atomic E-state index is 13.1. The zero-order valence-electron chi connectivity index (χ0n) is 13.3. The van der Waals surface area contributed by atoms with E-state index in [4.69, 9.17) is 0 Å². The van der Waals surface area contributed by atoms with Crippen LogP contribution in [-0.2, 0) is 4.79 Å². The van der Waals surface area contributed by atoms with Gasteiger partial charge in [0.05, 0.1) is 6.10 Å². The van der Waals surface area contributed by atoms with Gasteiger partial charge >= 0.3 is 0 Å². The summed E-state index contributed by atoms with van der Waals surface area (Å²) >= 11 is 0. The Hall–Kier alpha value is -1.55. The molecule has 3 rings (SSSR count). The number of rotatable bonds is 3. The monoisotopic (exact) mass is 302 g/mol. The van der Waals surface area contributed by atoms with E-state index in [9.17, 15) is 9.90 Å². The number of β-amino-alcohol motifs (C(OH)–C–C–N with tert-alkyl or cyclic N) is 1. The molecule has 0 radical (unpaired) electrons. The molecule has 1 amide bonds. The number of hydrogen-bond donors (Lipinski definition) is 2. The SMILES string of the molecule is Cc1ccc(NC2(C(=O)N3CCC(O)C3)CCCCC2)cc1. The van der Waals surface area contributed by atoms with Crippen molar-refractivity contribution < 1.29 is 9.90 Å². The van der Waals surface area contributed by atoms with Gasteiger partial charge in [0.1, 0.15) is 5.54 Å². The zero-order valence-corrected chi connectivity index (χ0v) is 13.3. The van der Waals surface area contributed by atoms with Crippen LogP contribution in [0.1, 0.15) is 44.1 Å². The first-order valence-corrected chi connectivity index (χ1v) is 8.41. The summed E-state index contributed by atoms with van der Waals surface area (Å²) in [5, 5.41) is 13.3. The van der Waals surface area contributed by atoms with Crippen molar-refractivity contribution in [2.75, 3.05) is 18.4 Å². The van der Waals surface area contributed by atoms with Crippen molar-refractivity contribution in [3.05, 3.63) is 29.8 Å². The summed E-state index contributed by atoms with van der Waals surface area (Å²) in [6.07, 6.45) is 5.48. The Bertz CT molecular complexity index is 520. The lowest BCUT2D eigenvalue weighted by molar-refractivity contribution is -0.136. The first-order chi connectivity index (χ1) is 10.6. The highest BCUT2D eigenvalue weighted by atomic mass is 16.3. The number of anilines is 1. The fraction of sp³-hybridized carbons (Fsp3) is 0.611. The Morgan fingerprint density at radius 3 is 2.50 bits per heavy atom. The van der Waals surface area contributed by atoms with Crippen molar-refractivity contribution in [3.8, 4) is 0 Å². The van der Waals surface area contributed by atoms with Crippen LogP contribution in [0.4, 0.5) is 5.69 Å². The van der Waals surface area contributed by atoms with Crippen LogP contribution in [0.2, 0.25) is 0 Å². The fourth-order valence-electron chi connectivity index (χ4n) is 3.69. The number of nitrogens with zero attached hydrogens (tertiary/aromatic N) is 1. The van der Waals surface area contributed by atoms with E-state index < -0.39 is 5.54 Å². The molecule has 120 valence electrons. The van der Waals surface area contributed by atoms with Crippen LogP contribution in [0, 0.1) is 6.92 Å². The molecule has 1 unspecified atom stereocenters. The normalized spacial score (nSPS) is 24.3. The van der Waals surface area contributed by atoms with Crippen molar-refractivity contribution in [2.45, 2.75) is 57.1 Å². The second kappa shape index (κ2) is 6.29. The predicted octanol–water partition coefficient (Wildman–Crippen LogP) is 2.70. The third kappa shape index (κ3) is 3.12. The van der Waals surface area contributed by atoms with Gasteiger partial charge in [0, 0.05) is 18.8 Å². The van der Waals surface area contributed by atoms with E-state index in [1.165, 1.54) is 12.0 Å². The second-order valence-electron chi connectivity index (χ2n) is 6.83. The molecule has 1 aliphatic carbocycles. The van der Waals surface area contributed by atoms with Gasteiger partial charge < -0.3 is 15.3 Å². The highest BCUT2D eigenvalue weighted by molar-refractivity contribution is 5.90. The van der Waals surface area contributed by atoms with Gasteiger partial charge in [-0.15, -0.1) is 0 Å². The lowest BCUT2D eigenvalue weighted by Gasteiger charge is -2.40. The third-order valence-electron chi connectivity index (χ3n) is 5.00. The Labute approximate surface area is 132 Å². The van der Waals surface area contributed by atoms with Gasteiger partial charge in [0.2, 0.25) is 5.91 Å². The first kappa shape index (κ1) is 15.3. The molecule has 1 saturated carbocycles. The zero-order chi connectivity index (χ0) is 15.6. The summed E-state index contributed by atoms with van der Waals surface area (Å²) in [4.78, 5) is 14.9. The summed E-state index contributed by atoms with van der Waals surface area (Å²) in [5.74, 6) is 0.171. The van der Waals surface area contributed by atoms with Crippen LogP contribution in [0.15, 0.2) is 24.3 Å². The van der Waals surface area contributed by atoms with Crippen LogP contribution < -0.4 is 5.32 Å². The molecule has 4 nitrogen and oxygen atoms in total. The number of aryl methyl sites for hydroxylation is 1. The van der Waals surface area contributed by atoms with Gasteiger partial charge in [0.15, 0.2) is 0 Å². The molecule has 0 bridgehead atoms. The molecular formula is C18H26N2O2. The molecule has 4 heteroatoms. The Kier molecular flexibility index (Phi) is 4.39. The summed E-state index contributed by atoms with van der Waals surface area (Å²) in [7, 11) is 0. The smallest absolute Gasteiger partial charge is 0.248 e. The molecule has 1 heterocycles. The van der Waals surface area contributed by atoms with Crippen molar-refractivity contribution >= 4 is 11.6 Å². The first-order valence-electron chi connectivity index (χ1n) is 8.41.